The molecule has 0 aliphatic carbocycles. The Labute approximate surface area is 139 Å². The zero-order chi connectivity index (χ0) is 15.9. The predicted octanol–water partition coefficient (Wildman–Crippen LogP) is 5.19. The third kappa shape index (κ3) is 4.60. The summed E-state index contributed by atoms with van der Waals surface area (Å²) >= 11 is 3.41. The van der Waals surface area contributed by atoms with Gasteiger partial charge in [-0.15, -0.1) is 0 Å². The highest BCUT2D eigenvalue weighted by Gasteiger charge is 2.08. The maximum absolute atomic E-state index is 12.3. The van der Waals surface area contributed by atoms with Crippen molar-refractivity contribution in [1.82, 2.24) is 0 Å². The molecule has 0 aromatic heterocycles. The van der Waals surface area contributed by atoms with Crippen LogP contribution in [0.2, 0.25) is 0 Å². The first-order valence-corrected chi connectivity index (χ1v) is 8.20. The number of ether oxygens (including phenoxy) is 1. The minimum atomic E-state index is -0.120. The zero-order valence-corrected chi connectivity index (χ0v) is 14.4. The molecule has 0 bridgehead atoms. The normalized spacial score (nSPS) is 10.3. The summed E-state index contributed by atoms with van der Waals surface area (Å²) in [6.45, 7) is 4.80. The van der Waals surface area contributed by atoms with Gasteiger partial charge in [-0.25, -0.2) is 0 Å². The Kier molecular flexibility index (Phi) is 6.01. The zero-order valence-electron chi connectivity index (χ0n) is 12.9. The second-order valence-electron chi connectivity index (χ2n) is 5.14. The van der Waals surface area contributed by atoms with E-state index in [1.165, 1.54) is 0 Å². The van der Waals surface area contributed by atoms with Gasteiger partial charge in [-0.3, -0.25) is 4.79 Å². The van der Waals surface area contributed by atoms with Crippen LogP contribution in [0.25, 0.3) is 0 Å². The lowest BCUT2D eigenvalue weighted by Crippen LogP contribution is -2.12. The van der Waals surface area contributed by atoms with E-state index in [0.29, 0.717) is 12.2 Å². The van der Waals surface area contributed by atoms with Crippen LogP contribution in [0.15, 0.2) is 46.9 Å². The number of aryl methyl sites for hydroxylation is 1. The van der Waals surface area contributed by atoms with Gasteiger partial charge < -0.3 is 10.1 Å². The van der Waals surface area contributed by atoms with Gasteiger partial charge in [0.05, 0.1) is 6.61 Å². The molecule has 22 heavy (non-hydrogen) atoms. The highest BCUT2D eigenvalue weighted by Crippen LogP contribution is 2.21. The van der Waals surface area contributed by atoms with E-state index < -0.39 is 0 Å². The number of anilines is 1. The Morgan fingerprint density at radius 1 is 1.18 bits per heavy atom. The van der Waals surface area contributed by atoms with Crippen LogP contribution in [0.4, 0.5) is 5.69 Å². The van der Waals surface area contributed by atoms with Crippen molar-refractivity contribution in [3.05, 3.63) is 58.1 Å². The molecule has 0 unspecified atom stereocenters. The Morgan fingerprint density at radius 3 is 2.55 bits per heavy atom. The number of carbonyl (C=O) groups is 1. The van der Waals surface area contributed by atoms with Crippen LogP contribution in [0.3, 0.4) is 0 Å². The first-order chi connectivity index (χ1) is 10.6. The van der Waals surface area contributed by atoms with Crippen LogP contribution in [0, 0.1) is 6.92 Å². The molecule has 116 valence electrons. The summed E-state index contributed by atoms with van der Waals surface area (Å²) in [6.07, 6.45) is 2.14. The molecule has 0 saturated heterocycles. The summed E-state index contributed by atoms with van der Waals surface area (Å²) in [5.74, 6) is 0.676. The summed E-state index contributed by atoms with van der Waals surface area (Å²) in [7, 11) is 0. The van der Waals surface area contributed by atoms with Gasteiger partial charge in [-0.2, -0.15) is 0 Å². The second kappa shape index (κ2) is 7.99. The van der Waals surface area contributed by atoms with Gasteiger partial charge in [0, 0.05) is 15.7 Å². The number of rotatable bonds is 6. The molecule has 0 fully saturated rings. The highest BCUT2D eigenvalue weighted by molar-refractivity contribution is 9.10. The number of amides is 1. The molecule has 1 amide bonds. The van der Waals surface area contributed by atoms with Gasteiger partial charge in [0.25, 0.3) is 5.91 Å². The number of unbranched alkanes of at least 4 members (excludes halogenated alkanes) is 1. The monoisotopic (exact) mass is 361 g/mol. The largest absolute Gasteiger partial charge is 0.494 e. The van der Waals surface area contributed by atoms with E-state index in [-0.39, 0.29) is 5.91 Å². The number of hydrogen-bond donors (Lipinski definition) is 1. The van der Waals surface area contributed by atoms with Gasteiger partial charge in [0.2, 0.25) is 0 Å². The molecule has 2 aromatic carbocycles. The van der Waals surface area contributed by atoms with E-state index in [2.05, 4.69) is 28.2 Å². The fourth-order valence-corrected chi connectivity index (χ4v) is 2.47. The number of nitrogens with one attached hydrogen (secondary N) is 1. The van der Waals surface area contributed by atoms with Gasteiger partial charge in [-0.05, 0) is 61.4 Å². The molecule has 3 nitrogen and oxygen atoms in total. The maximum Gasteiger partial charge on any atom is 0.255 e. The Balaban J connectivity index is 2.00. The van der Waals surface area contributed by atoms with Crippen LogP contribution in [0.1, 0.15) is 35.7 Å². The van der Waals surface area contributed by atoms with Crippen molar-refractivity contribution in [3.8, 4) is 5.75 Å². The molecular formula is C18H20BrNO2. The van der Waals surface area contributed by atoms with E-state index >= 15 is 0 Å². The number of benzene rings is 2. The fraction of sp³-hybridized carbons (Fsp3) is 0.278. The topological polar surface area (TPSA) is 38.3 Å². The Bertz CT molecular complexity index is 638. The van der Waals surface area contributed by atoms with Gasteiger partial charge in [0.15, 0.2) is 0 Å². The average Bonchev–Trinajstić information content (AvgIpc) is 2.51. The molecular weight excluding hydrogens is 342 g/mol. The maximum atomic E-state index is 12.3. The molecule has 0 spiro atoms. The van der Waals surface area contributed by atoms with Gasteiger partial charge in [-0.1, -0.05) is 29.3 Å². The SMILES string of the molecule is CCCCOc1ccc(C(=O)Nc2ccc(Br)cc2C)cc1. The fourth-order valence-electron chi connectivity index (χ4n) is 2.00. The summed E-state index contributed by atoms with van der Waals surface area (Å²) in [5, 5.41) is 2.92. The van der Waals surface area contributed by atoms with Crippen molar-refractivity contribution in [3.63, 3.8) is 0 Å². The van der Waals surface area contributed by atoms with E-state index in [9.17, 15) is 4.79 Å². The summed E-state index contributed by atoms with van der Waals surface area (Å²) in [4.78, 5) is 12.3. The number of halogens is 1. The van der Waals surface area contributed by atoms with Crippen molar-refractivity contribution in [2.45, 2.75) is 26.7 Å². The molecule has 0 saturated carbocycles. The standard InChI is InChI=1S/C18H20BrNO2/c1-3-4-11-22-16-8-5-14(6-9-16)18(21)20-17-10-7-15(19)12-13(17)2/h5-10,12H,3-4,11H2,1-2H3,(H,20,21). The van der Waals surface area contributed by atoms with Crippen molar-refractivity contribution in [2.24, 2.45) is 0 Å². The first kappa shape index (κ1) is 16.6. The predicted molar refractivity (Wildman–Crippen MR) is 93.7 cm³/mol. The van der Waals surface area contributed by atoms with Gasteiger partial charge in [0.1, 0.15) is 5.75 Å². The molecule has 1 N–H and O–H groups in total. The van der Waals surface area contributed by atoms with Crippen molar-refractivity contribution in [2.75, 3.05) is 11.9 Å². The van der Waals surface area contributed by atoms with E-state index in [0.717, 1.165) is 34.3 Å². The highest BCUT2D eigenvalue weighted by atomic mass is 79.9. The van der Waals surface area contributed by atoms with E-state index in [4.69, 9.17) is 4.74 Å². The van der Waals surface area contributed by atoms with Crippen LogP contribution >= 0.6 is 15.9 Å². The van der Waals surface area contributed by atoms with Crippen molar-refractivity contribution >= 4 is 27.5 Å². The summed E-state index contributed by atoms with van der Waals surface area (Å²) in [6, 6.07) is 13.0. The third-order valence-corrected chi connectivity index (χ3v) is 3.81. The quantitative estimate of drug-likeness (QED) is 0.719. The van der Waals surface area contributed by atoms with Crippen LogP contribution in [-0.2, 0) is 0 Å². The van der Waals surface area contributed by atoms with Crippen LogP contribution in [-0.4, -0.2) is 12.5 Å². The molecule has 0 radical (unpaired) electrons. The average molecular weight is 362 g/mol. The Hall–Kier alpha value is -1.81. The molecule has 0 heterocycles. The summed E-state index contributed by atoms with van der Waals surface area (Å²) < 4.78 is 6.59. The minimum Gasteiger partial charge on any atom is -0.494 e. The molecule has 0 aliphatic heterocycles. The molecule has 2 rings (SSSR count). The summed E-state index contributed by atoms with van der Waals surface area (Å²) in [5.41, 5.74) is 2.45. The lowest BCUT2D eigenvalue weighted by Gasteiger charge is -2.10. The van der Waals surface area contributed by atoms with Gasteiger partial charge >= 0.3 is 0 Å². The molecule has 2 aromatic rings. The third-order valence-electron chi connectivity index (χ3n) is 3.32. The lowest BCUT2D eigenvalue weighted by atomic mass is 10.1. The van der Waals surface area contributed by atoms with E-state index in [1.807, 2.05) is 37.3 Å². The van der Waals surface area contributed by atoms with Crippen LogP contribution < -0.4 is 10.1 Å². The van der Waals surface area contributed by atoms with Crippen LogP contribution in [0.5, 0.6) is 5.75 Å². The smallest absolute Gasteiger partial charge is 0.255 e. The number of hydrogen-bond acceptors (Lipinski definition) is 2. The lowest BCUT2D eigenvalue weighted by molar-refractivity contribution is 0.102. The first-order valence-electron chi connectivity index (χ1n) is 7.40. The minimum absolute atomic E-state index is 0.120. The van der Waals surface area contributed by atoms with Crippen molar-refractivity contribution < 1.29 is 9.53 Å². The van der Waals surface area contributed by atoms with Crippen molar-refractivity contribution in [1.29, 1.82) is 0 Å². The number of carbonyl (C=O) groups excluding carboxylic acids is 1. The second-order valence-corrected chi connectivity index (χ2v) is 6.06. The molecule has 0 atom stereocenters. The Morgan fingerprint density at radius 2 is 1.91 bits per heavy atom. The van der Waals surface area contributed by atoms with E-state index in [1.54, 1.807) is 12.1 Å². The molecule has 4 heteroatoms. The molecule has 0 aliphatic rings.